The smallest absolute Gasteiger partial charge is 0.239 e. The number of rotatable bonds is 7. The maximum atomic E-state index is 13.6. The van der Waals surface area contributed by atoms with E-state index in [-0.39, 0.29) is 104 Å². The van der Waals surface area contributed by atoms with E-state index in [4.69, 9.17) is 27.8 Å². The van der Waals surface area contributed by atoms with Gasteiger partial charge in [-0.15, -0.1) is 0 Å². The number of ether oxygens (including phenoxy) is 4. The number of hydrogen-bond donors (Lipinski definition) is 11. The molecule has 342 valence electrons. The van der Waals surface area contributed by atoms with E-state index >= 15 is 0 Å². The molecule has 0 amide bonds. The van der Waals surface area contributed by atoms with Crippen LogP contribution in [0.15, 0.2) is 79.1 Å². The lowest BCUT2D eigenvalue weighted by atomic mass is 9.97. The number of fused-ring (bicyclic) bond motifs is 2. The Hall–Kier alpha value is -6.62. The van der Waals surface area contributed by atoms with Gasteiger partial charge in [-0.25, -0.2) is 0 Å². The van der Waals surface area contributed by atoms with Crippen LogP contribution in [0.4, 0.5) is 0 Å². The Morgan fingerprint density at radius 2 is 1.20 bits per heavy atom. The molecule has 2 fully saturated rings. The van der Waals surface area contributed by atoms with Gasteiger partial charge in [0, 0.05) is 58.9 Å². The van der Waals surface area contributed by atoms with E-state index in [1.54, 1.807) is 13.8 Å². The molecule has 0 bridgehead atoms. The third-order valence-electron chi connectivity index (χ3n) is 10.8. The van der Waals surface area contributed by atoms with Crippen LogP contribution in [0.3, 0.4) is 0 Å². The van der Waals surface area contributed by atoms with Crippen LogP contribution in [0, 0.1) is 19.8 Å². The van der Waals surface area contributed by atoms with E-state index in [0.29, 0.717) is 11.1 Å². The van der Waals surface area contributed by atoms with Crippen molar-refractivity contribution in [2.75, 3.05) is 13.2 Å². The lowest BCUT2D eigenvalue weighted by Gasteiger charge is -2.42. The predicted octanol–water partition coefficient (Wildman–Crippen LogP) is 2.60. The first-order chi connectivity index (χ1) is 29.9. The van der Waals surface area contributed by atoms with Crippen molar-refractivity contribution in [1.82, 2.24) is 0 Å². The molecule has 4 aromatic carbocycles. The normalized spacial score (nSPS) is 23.2. The molecule has 20 heteroatoms. The first kappa shape index (κ1) is 46.9. The van der Waals surface area contributed by atoms with Crippen LogP contribution < -0.4 is 15.6 Å². The maximum absolute atomic E-state index is 13.6. The van der Waals surface area contributed by atoms with Crippen LogP contribution >= 0.6 is 0 Å². The third kappa shape index (κ3) is 9.07. The van der Waals surface area contributed by atoms with Gasteiger partial charge in [-0.1, -0.05) is 6.92 Å². The highest BCUT2D eigenvalue weighted by molar-refractivity contribution is 5.89. The number of aliphatic hydroxyl groups excluding tert-OH is 4. The number of benzene rings is 4. The lowest BCUT2D eigenvalue weighted by molar-refractivity contribution is -0.314. The molecule has 0 radical (unpaired) electrons. The maximum Gasteiger partial charge on any atom is 0.239 e. The second kappa shape index (κ2) is 18.6. The Kier molecular flexibility index (Phi) is 13.6. The minimum absolute atomic E-state index is 0. The first-order valence-electron chi connectivity index (χ1n) is 19.5. The zero-order valence-electron chi connectivity index (χ0n) is 34.2. The fraction of sp³-hybridized carbons (Fsp3) is 0.318. The van der Waals surface area contributed by atoms with Crippen LogP contribution in [0.5, 0.6) is 46.0 Å². The van der Waals surface area contributed by atoms with Gasteiger partial charge in [0.25, 0.3) is 0 Å². The Morgan fingerprint density at radius 1 is 0.641 bits per heavy atom. The zero-order chi connectivity index (χ0) is 45.6. The summed E-state index contributed by atoms with van der Waals surface area (Å²) in [5, 5.41) is 110. The number of phenols is 7. The van der Waals surface area contributed by atoms with Gasteiger partial charge in [0.05, 0.1) is 31.5 Å². The average molecular weight is 895 g/mol. The molecule has 20 nitrogen and oxygen atoms in total. The van der Waals surface area contributed by atoms with Crippen molar-refractivity contribution in [1.29, 1.82) is 0 Å². The van der Waals surface area contributed by atoms with Crippen LogP contribution in [-0.4, -0.2) is 118 Å². The molecule has 2 aliphatic heterocycles. The third-order valence-corrected chi connectivity index (χ3v) is 10.8. The molecule has 64 heavy (non-hydrogen) atoms. The number of phenolic OH excluding ortho intramolecular Hbond substituents is 7. The van der Waals surface area contributed by atoms with E-state index < -0.39 is 72.1 Å². The van der Waals surface area contributed by atoms with Gasteiger partial charge >= 0.3 is 0 Å². The van der Waals surface area contributed by atoms with Crippen molar-refractivity contribution in [3.8, 4) is 68.6 Å². The summed E-state index contributed by atoms with van der Waals surface area (Å²) in [6.45, 7) is 4.35. The minimum atomic E-state index is -1.60. The van der Waals surface area contributed by atoms with Crippen molar-refractivity contribution < 1.29 is 89.4 Å². The van der Waals surface area contributed by atoms with E-state index in [1.165, 1.54) is 49.4 Å². The van der Waals surface area contributed by atoms with Gasteiger partial charge in [-0.2, -0.15) is 0 Å². The predicted molar refractivity (Wildman–Crippen MR) is 223 cm³/mol. The van der Waals surface area contributed by atoms with Gasteiger partial charge in [0.2, 0.25) is 17.5 Å². The standard InChI is InChI=1S/C27H30O13.C17H14O6.H2O/c1-11-10-36-26(23(35)20(11)32)39-18-8-15(9-28)37-27(21(18)33)40-25-22(34)19-16(31)6-14(30)7-17(19)38-24(25)12-2-4-13(29)5-3-12;1-7-11(19)3-9(4-12(7)20)17-8(2)16(22)15-13(21)5-10(18)6-14(15)23-17;/h2-7,11,15,18,20-21,23,26-33,35H,8-10H2,1H3;3-6,18-21H,1-2H3;1H2. The molecule has 0 aliphatic carbocycles. The van der Waals surface area contributed by atoms with Crippen LogP contribution in [0.1, 0.15) is 24.5 Å². The fourth-order valence-corrected chi connectivity index (χ4v) is 7.24. The van der Waals surface area contributed by atoms with Crippen LogP contribution in [-0.2, 0) is 14.2 Å². The number of aliphatic hydroxyl groups is 4. The molecule has 13 N–H and O–H groups in total. The molecule has 2 saturated heterocycles. The molecule has 4 heterocycles. The Bertz CT molecular complexity index is 2760. The highest BCUT2D eigenvalue weighted by Crippen LogP contribution is 2.39. The highest BCUT2D eigenvalue weighted by Gasteiger charge is 2.45. The minimum Gasteiger partial charge on any atom is -0.508 e. The highest BCUT2D eigenvalue weighted by atomic mass is 16.7. The van der Waals surface area contributed by atoms with Crippen LogP contribution in [0.2, 0.25) is 0 Å². The fourth-order valence-electron chi connectivity index (χ4n) is 7.24. The lowest BCUT2D eigenvalue weighted by Crippen LogP contribution is -2.57. The van der Waals surface area contributed by atoms with Crippen LogP contribution in [0.25, 0.3) is 44.6 Å². The van der Waals surface area contributed by atoms with E-state index in [0.717, 1.165) is 18.2 Å². The molecule has 8 atom stereocenters. The summed E-state index contributed by atoms with van der Waals surface area (Å²) in [6.07, 6.45) is -9.07. The van der Waals surface area contributed by atoms with Crippen molar-refractivity contribution in [2.24, 2.45) is 5.92 Å². The van der Waals surface area contributed by atoms with E-state index in [9.17, 15) is 65.8 Å². The summed E-state index contributed by atoms with van der Waals surface area (Å²) < 4.78 is 34.3. The molecular formula is C44H46O20. The molecule has 2 aromatic heterocycles. The second-order valence-corrected chi connectivity index (χ2v) is 15.3. The molecule has 2 aliphatic rings. The van der Waals surface area contributed by atoms with Crippen molar-refractivity contribution in [3.05, 3.63) is 92.2 Å². The number of hydrogen-bond acceptors (Lipinski definition) is 19. The molecule has 0 saturated carbocycles. The van der Waals surface area contributed by atoms with Gasteiger partial charge in [0.1, 0.15) is 80.2 Å². The topological polar surface area (TPSA) is 351 Å². The summed E-state index contributed by atoms with van der Waals surface area (Å²) in [7, 11) is 0. The van der Waals surface area contributed by atoms with Crippen molar-refractivity contribution in [2.45, 2.75) is 70.3 Å². The summed E-state index contributed by atoms with van der Waals surface area (Å²) in [5.74, 6) is -2.75. The average Bonchev–Trinajstić information content (AvgIpc) is 3.23. The number of aromatic hydroxyl groups is 7. The van der Waals surface area contributed by atoms with Crippen molar-refractivity contribution in [3.63, 3.8) is 0 Å². The van der Waals surface area contributed by atoms with Crippen molar-refractivity contribution >= 4 is 21.9 Å². The molecule has 6 aromatic rings. The van der Waals surface area contributed by atoms with Gasteiger partial charge < -0.3 is 89.4 Å². The van der Waals surface area contributed by atoms with E-state index in [1.807, 2.05) is 0 Å². The monoisotopic (exact) mass is 894 g/mol. The van der Waals surface area contributed by atoms with Gasteiger partial charge in [-0.3, -0.25) is 9.59 Å². The van der Waals surface area contributed by atoms with Gasteiger partial charge in [-0.05, 0) is 50.2 Å². The Labute approximate surface area is 361 Å². The zero-order valence-corrected chi connectivity index (χ0v) is 34.2. The van der Waals surface area contributed by atoms with Gasteiger partial charge in [0.15, 0.2) is 17.5 Å². The summed E-state index contributed by atoms with van der Waals surface area (Å²) >= 11 is 0. The largest absolute Gasteiger partial charge is 0.508 e. The summed E-state index contributed by atoms with van der Waals surface area (Å²) in [6, 6.07) is 12.6. The summed E-state index contributed by atoms with van der Waals surface area (Å²) in [5.41, 5.74) is -0.367. The van der Waals surface area contributed by atoms with E-state index in [2.05, 4.69) is 0 Å². The SMILES string of the molecule is CC1COC(OC2CC(CO)OC(Oc3c(-c4ccc(O)cc4)oc4cc(O)cc(O)c4c3=O)C2O)C(O)C1O.Cc1c(O)cc(-c2oc3cc(O)cc(O)c3c(=O)c2C)cc1O.O. The molecular weight excluding hydrogens is 848 g/mol. The Morgan fingerprint density at radius 3 is 1.78 bits per heavy atom. The second-order valence-electron chi connectivity index (χ2n) is 15.3. The first-order valence-corrected chi connectivity index (χ1v) is 19.5. The molecule has 0 spiro atoms. The molecule has 8 unspecified atom stereocenters. The summed E-state index contributed by atoms with van der Waals surface area (Å²) in [4.78, 5) is 26.1. The Balaban J connectivity index is 0.000000241. The quantitative estimate of drug-likeness (QED) is 0.110. The molecule has 8 rings (SSSR count).